The summed E-state index contributed by atoms with van der Waals surface area (Å²) in [5, 5.41) is 6.28. The fraction of sp³-hybridized carbons (Fsp3) is 0.250. The molecule has 0 spiro atoms. The van der Waals surface area contributed by atoms with Crippen LogP contribution in [-0.4, -0.2) is 34.7 Å². The minimum Gasteiger partial charge on any atom is -0.347 e. The van der Waals surface area contributed by atoms with Crippen LogP contribution in [0, 0.1) is 6.92 Å². The number of ketones is 1. The Bertz CT molecular complexity index is 1090. The number of thiazole rings is 1. The zero-order valence-electron chi connectivity index (χ0n) is 17.1. The lowest BCUT2D eigenvalue weighted by Crippen LogP contribution is -2.49. The number of aromatic nitrogens is 1. The minimum absolute atomic E-state index is 0.0679. The van der Waals surface area contributed by atoms with Crippen LogP contribution in [0.3, 0.4) is 0 Å². The van der Waals surface area contributed by atoms with Gasteiger partial charge in [0.2, 0.25) is 5.78 Å². The molecule has 1 aliphatic carbocycles. The van der Waals surface area contributed by atoms with Gasteiger partial charge in [-0.3, -0.25) is 14.4 Å². The van der Waals surface area contributed by atoms with Crippen molar-refractivity contribution < 1.29 is 14.4 Å². The number of benzene rings is 2. The highest BCUT2D eigenvalue weighted by Crippen LogP contribution is 2.28. The van der Waals surface area contributed by atoms with E-state index in [1.165, 1.54) is 11.3 Å². The first-order valence-corrected chi connectivity index (χ1v) is 11.1. The van der Waals surface area contributed by atoms with E-state index in [4.69, 9.17) is 0 Å². The minimum atomic E-state index is -0.959. The molecule has 1 aliphatic rings. The molecule has 1 heterocycles. The summed E-state index contributed by atoms with van der Waals surface area (Å²) in [4.78, 5) is 43.4. The average Bonchev–Trinajstić information content (AvgIpc) is 3.51. The van der Waals surface area contributed by atoms with Gasteiger partial charge in [-0.05, 0) is 25.3 Å². The highest BCUT2D eigenvalue weighted by molar-refractivity contribution is 7.14. The summed E-state index contributed by atoms with van der Waals surface area (Å²) in [6.07, 6.45) is 2.01. The van der Waals surface area contributed by atoms with Crippen LogP contribution in [0.15, 0.2) is 60.7 Å². The number of rotatable bonds is 8. The van der Waals surface area contributed by atoms with Crippen LogP contribution in [-0.2, 0) is 16.0 Å². The van der Waals surface area contributed by atoms with Gasteiger partial charge in [0.05, 0.1) is 10.7 Å². The van der Waals surface area contributed by atoms with Crippen molar-refractivity contribution in [2.45, 2.75) is 38.3 Å². The highest BCUT2D eigenvalue weighted by Gasteiger charge is 2.32. The Labute approximate surface area is 184 Å². The predicted octanol–water partition coefficient (Wildman–Crippen LogP) is 3.31. The van der Waals surface area contributed by atoms with Crippen LogP contribution in [0.4, 0.5) is 0 Å². The van der Waals surface area contributed by atoms with Gasteiger partial charge in [0.15, 0.2) is 0 Å². The summed E-state index contributed by atoms with van der Waals surface area (Å²) in [7, 11) is 0. The maximum absolute atomic E-state index is 13.2. The fourth-order valence-corrected chi connectivity index (χ4v) is 4.14. The number of aryl methyl sites for hydroxylation is 1. The molecule has 3 aromatic rings. The zero-order chi connectivity index (χ0) is 21.8. The van der Waals surface area contributed by atoms with Crippen molar-refractivity contribution in [1.82, 2.24) is 15.6 Å². The summed E-state index contributed by atoms with van der Waals surface area (Å²) >= 11 is 1.27. The third-order valence-corrected chi connectivity index (χ3v) is 6.00. The topological polar surface area (TPSA) is 88.2 Å². The van der Waals surface area contributed by atoms with E-state index in [0.717, 1.165) is 29.0 Å². The number of hydrogen-bond acceptors (Lipinski definition) is 5. The van der Waals surface area contributed by atoms with Crippen molar-refractivity contribution in [1.29, 1.82) is 0 Å². The summed E-state index contributed by atoms with van der Waals surface area (Å²) in [6, 6.07) is 17.9. The van der Waals surface area contributed by atoms with Crippen molar-refractivity contribution >= 4 is 28.9 Å². The maximum atomic E-state index is 13.2. The largest absolute Gasteiger partial charge is 0.347 e. The number of hydrogen-bond donors (Lipinski definition) is 2. The summed E-state index contributed by atoms with van der Waals surface area (Å²) in [5.41, 5.74) is 2.27. The molecule has 1 atom stereocenters. The molecule has 158 valence electrons. The third kappa shape index (κ3) is 5.24. The van der Waals surface area contributed by atoms with E-state index >= 15 is 0 Å². The first-order chi connectivity index (χ1) is 15.0. The molecule has 4 rings (SSSR count). The van der Waals surface area contributed by atoms with E-state index < -0.39 is 23.6 Å². The van der Waals surface area contributed by atoms with Crippen LogP contribution < -0.4 is 10.6 Å². The molecule has 0 bridgehead atoms. The van der Waals surface area contributed by atoms with Crippen LogP contribution in [0.2, 0.25) is 0 Å². The van der Waals surface area contributed by atoms with Crippen molar-refractivity contribution in [3.05, 3.63) is 76.1 Å². The molecule has 6 nitrogen and oxygen atoms in total. The van der Waals surface area contributed by atoms with E-state index in [9.17, 15) is 14.4 Å². The van der Waals surface area contributed by atoms with Crippen molar-refractivity contribution in [3.63, 3.8) is 0 Å². The molecule has 2 N–H and O–H groups in total. The normalized spacial score (nSPS) is 14.0. The van der Waals surface area contributed by atoms with Gasteiger partial charge in [-0.2, -0.15) is 0 Å². The number of amides is 2. The van der Waals surface area contributed by atoms with E-state index in [1.807, 2.05) is 67.6 Å². The van der Waals surface area contributed by atoms with Crippen LogP contribution in [0.1, 0.15) is 33.1 Å². The average molecular weight is 434 g/mol. The standard InChI is InChI=1S/C24H23N3O3S/c1-15-25-20(17-10-6-3-7-11-17)22(31-15)24(30)27-19(14-16-8-4-2-5-9-16)21(28)23(29)26-18-12-13-18/h2-11,18-19H,12-14H2,1H3,(H,26,29)(H,27,30)/t19-/m0/s1. The number of nitrogens with one attached hydrogen (secondary N) is 2. The summed E-state index contributed by atoms with van der Waals surface area (Å²) in [5.74, 6) is -1.68. The van der Waals surface area contributed by atoms with Gasteiger partial charge in [0, 0.05) is 18.0 Å². The molecule has 1 saturated carbocycles. The summed E-state index contributed by atoms with van der Waals surface area (Å²) in [6.45, 7) is 1.84. The molecule has 2 aromatic carbocycles. The lowest BCUT2D eigenvalue weighted by atomic mass is 10.0. The van der Waals surface area contributed by atoms with Gasteiger partial charge in [-0.1, -0.05) is 60.7 Å². The Kier molecular flexibility index (Phi) is 6.23. The Balaban J connectivity index is 1.58. The molecule has 0 unspecified atom stereocenters. The van der Waals surface area contributed by atoms with Crippen molar-refractivity contribution in [2.75, 3.05) is 0 Å². The quantitative estimate of drug-likeness (QED) is 0.534. The molecule has 1 aromatic heterocycles. The number of carbonyl (C=O) groups is 3. The highest BCUT2D eigenvalue weighted by atomic mass is 32.1. The van der Waals surface area contributed by atoms with E-state index in [0.29, 0.717) is 10.6 Å². The second kappa shape index (κ2) is 9.22. The third-order valence-electron chi connectivity index (χ3n) is 5.03. The molecule has 0 aliphatic heterocycles. The Morgan fingerprint density at radius 2 is 1.68 bits per heavy atom. The van der Waals surface area contributed by atoms with Gasteiger partial charge in [0.25, 0.3) is 11.8 Å². The number of Topliss-reactive ketones (excluding diaryl/α,β-unsaturated/α-hetero) is 1. The van der Waals surface area contributed by atoms with Gasteiger partial charge >= 0.3 is 0 Å². The van der Waals surface area contributed by atoms with Gasteiger partial charge < -0.3 is 10.6 Å². The van der Waals surface area contributed by atoms with Crippen molar-refractivity contribution in [3.8, 4) is 11.3 Å². The molecular weight excluding hydrogens is 410 g/mol. The lowest BCUT2D eigenvalue weighted by Gasteiger charge is -2.17. The molecule has 0 radical (unpaired) electrons. The van der Waals surface area contributed by atoms with E-state index in [2.05, 4.69) is 15.6 Å². The predicted molar refractivity (Wildman–Crippen MR) is 120 cm³/mol. The van der Waals surface area contributed by atoms with Gasteiger partial charge in [-0.25, -0.2) is 4.98 Å². The lowest BCUT2D eigenvalue weighted by molar-refractivity contribution is -0.139. The van der Waals surface area contributed by atoms with Crippen LogP contribution >= 0.6 is 11.3 Å². The second-order valence-electron chi connectivity index (χ2n) is 7.60. The molecule has 7 heteroatoms. The fourth-order valence-electron chi connectivity index (χ4n) is 3.30. The number of carbonyl (C=O) groups excluding carboxylic acids is 3. The Morgan fingerprint density at radius 1 is 1.03 bits per heavy atom. The second-order valence-corrected chi connectivity index (χ2v) is 8.81. The smallest absolute Gasteiger partial charge is 0.289 e. The molecule has 0 saturated heterocycles. The first kappa shape index (κ1) is 20.9. The van der Waals surface area contributed by atoms with E-state index in [-0.39, 0.29) is 12.5 Å². The molecular formula is C24H23N3O3S. The zero-order valence-corrected chi connectivity index (χ0v) is 17.9. The molecule has 1 fully saturated rings. The van der Waals surface area contributed by atoms with Crippen molar-refractivity contribution in [2.24, 2.45) is 0 Å². The Hall–Kier alpha value is -3.32. The molecule has 31 heavy (non-hydrogen) atoms. The first-order valence-electron chi connectivity index (χ1n) is 10.2. The van der Waals surface area contributed by atoms with Crippen LogP contribution in [0.5, 0.6) is 0 Å². The Morgan fingerprint density at radius 3 is 2.32 bits per heavy atom. The monoisotopic (exact) mass is 433 g/mol. The van der Waals surface area contributed by atoms with E-state index in [1.54, 1.807) is 0 Å². The van der Waals surface area contributed by atoms with Gasteiger partial charge in [-0.15, -0.1) is 11.3 Å². The maximum Gasteiger partial charge on any atom is 0.289 e. The number of nitrogens with zero attached hydrogens (tertiary/aromatic N) is 1. The summed E-state index contributed by atoms with van der Waals surface area (Å²) < 4.78 is 0. The van der Waals surface area contributed by atoms with Crippen LogP contribution in [0.25, 0.3) is 11.3 Å². The SMILES string of the molecule is Cc1nc(-c2ccccc2)c(C(=O)N[C@@H](Cc2ccccc2)C(=O)C(=O)NC2CC2)s1. The van der Waals surface area contributed by atoms with Gasteiger partial charge in [0.1, 0.15) is 10.9 Å². The molecule has 2 amide bonds.